The Morgan fingerprint density at radius 2 is 2.00 bits per heavy atom. The lowest BCUT2D eigenvalue weighted by molar-refractivity contribution is 0.144. The van der Waals surface area contributed by atoms with Gasteiger partial charge in [-0.15, -0.1) is 11.3 Å². The number of aryl methyl sites for hydroxylation is 1. The van der Waals surface area contributed by atoms with Crippen molar-refractivity contribution in [2.24, 2.45) is 5.92 Å². The normalized spacial score (nSPS) is 11.1. The van der Waals surface area contributed by atoms with Crippen LogP contribution in [0.4, 0.5) is 0 Å². The quantitative estimate of drug-likeness (QED) is 0.796. The van der Waals surface area contributed by atoms with Crippen molar-refractivity contribution < 1.29 is 10.2 Å². The molecule has 1 aromatic heterocycles. The van der Waals surface area contributed by atoms with Crippen LogP contribution in [-0.4, -0.2) is 23.4 Å². The molecule has 1 aromatic rings. The molecule has 2 nitrogen and oxygen atoms in total. The van der Waals surface area contributed by atoms with Crippen molar-refractivity contribution in [3.63, 3.8) is 0 Å². The molecular formula is C9H13ClO2S. The van der Waals surface area contributed by atoms with E-state index in [1.807, 2.05) is 12.1 Å². The van der Waals surface area contributed by atoms with Crippen LogP contribution in [0, 0.1) is 5.92 Å². The van der Waals surface area contributed by atoms with E-state index < -0.39 is 0 Å². The third-order valence-electron chi connectivity index (χ3n) is 1.94. The first-order chi connectivity index (χ1) is 6.26. The maximum Gasteiger partial charge on any atom is 0.0931 e. The molecular weight excluding hydrogens is 208 g/mol. The van der Waals surface area contributed by atoms with E-state index >= 15 is 0 Å². The van der Waals surface area contributed by atoms with Crippen LogP contribution in [0.3, 0.4) is 0 Å². The maximum atomic E-state index is 8.83. The van der Waals surface area contributed by atoms with Gasteiger partial charge in [0.25, 0.3) is 0 Å². The van der Waals surface area contributed by atoms with Gasteiger partial charge in [-0.3, -0.25) is 0 Å². The summed E-state index contributed by atoms with van der Waals surface area (Å²) >= 11 is 7.32. The van der Waals surface area contributed by atoms with Gasteiger partial charge >= 0.3 is 0 Å². The summed E-state index contributed by atoms with van der Waals surface area (Å²) in [4.78, 5) is 1.21. The van der Waals surface area contributed by atoms with E-state index in [1.165, 1.54) is 4.88 Å². The Morgan fingerprint density at radius 1 is 1.31 bits per heavy atom. The van der Waals surface area contributed by atoms with Gasteiger partial charge in [0.05, 0.1) is 4.34 Å². The Morgan fingerprint density at radius 3 is 2.46 bits per heavy atom. The molecule has 0 aromatic carbocycles. The molecule has 0 aliphatic heterocycles. The molecule has 0 aliphatic carbocycles. The second-order valence-corrected chi connectivity index (χ2v) is 4.78. The fourth-order valence-electron chi connectivity index (χ4n) is 1.07. The molecule has 0 aliphatic rings. The lowest BCUT2D eigenvalue weighted by Crippen LogP contribution is -2.11. The molecule has 2 N–H and O–H groups in total. The van der Waals surface area contributed by atoms with Crippen LogP contribution in [-0.2, 0) is 6.42 Å². The predicted molar refractivity (Wildman–Crippen MR) is 55.3 cm³/mol. The van der Waals surface area contributed by atoms with Crippen LogP contribution >= 0.6 is 22.9 Å². The largest absolute Gasteiger partial charge is 0.396 e. The number of thiophene rings is 1. The lowest BCUT2D eigenvalue weighted by Gasteiger charge is -2.08. The average molecular weight is 221 g/mol. The Labute approximate surface area is 86.8 Å². The maximum absolute atomic E-state index is 8.83. The molecule has 1 rings (SSSR count). The zero-order chi connectivity index (χ0) is 9.68. The molecule has 0 saturated carbocycles. The molecule has 0 unspecified atom stereocenters. The van der Waals surface area contributed by atoms with Gasteiger partial charge in [-0.25, -0.2) is 0 Å². The molecule has 0 amide bonds. The SMILES string of the molecule is OCC(CO)CCc1ccc(Cl)s1. The summed E-state index contributed by atoms with van der Waals surface area (Å²) in [5.74, 6) is 0.000811. The van der Waals surface area contributed by atoms with Crippen molar-refractivity contribution in [3.05, 3.63) is 21.3 Å². The minimum atomic E-state index is 0.000811. The van der Waals surface area contributed by atoms with Crippen LogP contribution in [0.1, 0.15) is 11.3 Å². The number of hydrogen-bond acceptors (Lipinski definition) is 3. The molecule has 0 spiro atoms. The molecule has 13 heavy (non-hydrogen) atoms. The smallest absolute Gasteiger partial charge is 0.0931 e. The second-order valence-electron chi connectivity index (χ2n) is 2.98. The molecule has 0 bridgehead atoms. The topological polar surface area (TPSA) is 40.5 Å². The minimum Gasteiger partial charge on any atom is -0.396 e. The highest BCUT2D eigenvalue weighted by Crippen LogP contribution is 2.23. The molecule has 0 atom stereocenters. The highest BCUT2D eigenvalue weighted by Gasteiger charge is 2.06. The number of halogens is 1. The van der Waals surface area contributed by atoms with E-state index in [2.05, 4.69) is 0 Å². The highest BCUT2D eigenvalue weighted by molar-refractivity contribution is 7.16. The third kappa shape index (κ3) is 3.65. The van der Waals surface area contributed by atoms with Gasteiger partial charge in [0.1, 0.15) is 0 Å². The van der Waals surface area contributed by atoms with Crippen LogP contribution < -0.4 is 0 Å². The molecule has 1 heterocycles. The molecule has 0 saturated heterocycles. The van der Waals surface area contributed by atoms with Crippen LogP contribution in [0.15, 0.2) is 12.1 Å². The summed E-state index contributed by atoms with van der Waals surface area (Å²) in [6.07, 6.45) is 1.69. The second kappa shape index (κ2) is 5.60. The Balaban J connectivity index is 2.33. The van der Waals surface area contributed by atoms with Crippen LogP contribution in [0.5, 0.6) is 0 Å². The Kier molecular flexibility index (Phi) is 4.73. The fourth-order valence-corrected chi connectivity index (χ4v) is 2.18. The van der Waals surface area contributed by atoms with Crippen molar-refractivity contribution >= 4 is 22.9 Å². The van der Waals surface area contributed by atoms with Gasteiger partial charge in [0.2, 0.25) is 0 Å². The Bertz CT molecular complexity index is 246. The number of hydrogen-bond donors (Lipinski definition) is 2. The monoisotopic (exact) mass is 220 g/mol. The predicted octanol–water partition coefficient (Wildman–Crippen LogP) is 1.93. The van der Waals surface area contributed by atoms with Crippen molar-refractivity contribution in [2.45, 2.75) is 12.8 Å². The first kappa shape index (κ1) is 11.0. The zero-order valence-corrected chi connectivity index (χ0v) is 8.81. The van der Waals surface area contributed by atoms with E-state index in [4.69, 9.17) is 21.8 Å². The van der Waals surface area contributed by atoms with Gasteiger partial charge in [-0.1, -0.05) is 11.6 Å². The van der Waals surface area contributed by atoms with Crippen LogP contribution in [0.25, 0.3) is 0 Å². The lowest BCUT2D eigenvalue weighted by atomic mass is 10.1. The van der Waals surface area contributed by atoms with E-state index in [9.17, 15) is 0 Å². The summed E-state index contributed by atoms with van der Waals surface area (Å²) in [6, 6.07) is 3.85. The van der Waals surface area contributed by atoms with Gasteiger partial charge < -0.3 is 10.2 Å². The number of rotatable bonds is 5. The van der Waals surface area contributed by atoms with Crippen LogP contribution in [0.2, 0.25) is 4.34 Å². The van der Waals surface area contributed by atoms with Gasteiger partial charge in [-0.2, -0.15) is 0 Å². The fraction of sp³-hybridized carbons (Fsp3) is 0.556. The molecule has 0 fully saturated rings. The summed E-state index contributed by atoms with van der Waals surface area (Å²) in [5.41, 5.74) is 0. The molecule has 74 valence electrons. The Hall–Kier alpha value is -0.0900. The first-order valence-electron chi connectivity index (χ1n) is 4.22. The van der Waals surface area contributed by atoms with Gasteiger partial charge in [0.15, 0.2) is 0 Å². The third-order valence-corrected chi connectivity index (χ3v) is 3.24. The van der Waals surface area contributed by atoms with Crippen molar-refractivity contribution in [1.82, 2.24) is 0 Å². The minimum absolute atomic E-state index is 0.000811. The summed E-state index contributed by atoms with van der Waals surface area (Å²) in [6.45, 7) is 0.102. The molecule has 4 heteroatoms. The summed E-state index contributed by atoms with van der Waals surface area (Å²) in [5, 5.41) is 17.7. The van der Waals surface area contributed by atoms with Crippen molar-refractivity contribution in [2.75, 3.05) is 13.2 Å². The van der Waals surface area contributed by atoms with E-state index in [1.54, 1.807) is 11.3 Å². The average Bonchev–Trinajstić information content (AvgIpc) is 2.53. The zero-order valence-electron chi connectivity index (χ0n) is 7.24. The first-order valence-corrected chi connectivity index (χ1v) is 5.41. The summed E-state index contributed by atoms with van der Waals surface area (Å²) < 4.78 is 0.791. The molecule has 0 radical (unpaired) electrons. The number of aliphatic hydroxyl groups is 2. The van der Waals surface area contributed by atoms with Gasteiger partial charge in [0, 0.05) is 24.0 Å². The van der Waals surface area contributed by atoms with Crippen molar-refractivity contribution in [1.29, 1.82) is 0 Å². The number of aliphatic hydroxyl groups excluding tert-OH is 2. The van der Waals surface area contributed by atoms with E-state index in [0.29, 0.717) is 0 Å². The van der Waals surface area contributed by atoms with Gasteiger partial charge in [-0.05, 0) is 25.0 Å². The summed E-state index contributed by atoms with van der Waals surface area (Å²) in [7, 11) is 0. The highest BCUT2D eigenvalue weighted by atomic mass is 35.5. The van der Waals surface area contributed by atoms with E-state index in [-0.39, 0.29) is 19.1 Å². The standard InChI is InChI=1S/C9H13ClO2S/c10-9-4-3-8(13-9)2-1-7(5-11)6-12/h3-4,7,11-12H,1-2,5-6H2. The van der Waals surface area contributed by atoms with E-state index in [0.717, 1.165) is 17.2 Å². The van der Waals surface area contributed by atoms with Crippen molar-refractivity contribution in [3.8, 4) is 0 Å².